The summed E-state index contributed by atoms with van der Waals surface area (Å²) in [5.41, 5.74) is 1.59. The van der Waals surface area contributed by atoms with E-state index in [1.165, 1.54) is 6.07 Å². The molecular weight excluding hydrogens is 326 g/mol. The van der Waals surface area contributed by atoms with Crippen molar-refractivity contribution in [3.63, 3.8) is 0 Å². The lowest BCUT2D eigenvalue weighted by atomic mass is 10.1. The van der Waals surface area contributed by atoms with Crippen LogP contribution in [-0.2, 0) is 11.2 Å². The molecular formula is C19H18F2N2O2. The lowest BCUT2D eigenvalue weighted by Crippen LogP contribution is -2.29. The second kappa shape index (κ2) is 7.44. The summed E-state index contributed by atoms with van der Waals surface area (Å²) in [7, 11) is 0. The fourth-order valence-electron chi connectivity index (χ4n) is 2.82. The van der Waals surface area contributed by atoms with Crippen molar-refractivity contribution in [2.75, 3.05) is 6.54 Å². The van der Waals surface area contributed by atoms with Gasteiger partial charge in [-0.1, -0.05) is 24.3 Å². The van der Waals surface area contributed by atoms with E-state index >= 15 is 0 Å². The monoisotopic (exact) mass is 344 g/mol. The first-order valence-electron chi connectivity index (χ1n) is 8.00. The molecule has 4 nitrogen and oxygen atoms in total. The number of rotatable bonds is 6. The minimum Gasteiger partial charge on any atom is -0.386 e. The molecule has 3 N–H and O–H groups in total. The highest BCUT2D eigenvalue weighted by atomic mass is 19.1. The average Bonchev–Trinajstić information content (AvgIpc) is 3.01. The summed E-state index contributed by atoms with van der Waals surface area (Å²) >= 11 is 0. The summed E-state index contributed by atoms with van der Waals surface area (Å²) in [6, 6.07) is 11.2. The number of amides is 1. The van der Waals surface area contributed by atoms with Gasteiger partial charge in [-0.25, -0.2) is 8.78 Å². The molecule has 130 valence electrons. The predicted octanol–water partition coefficient (Wildman–Crippen LogP) is 3.23. The van der Waals surface area contributed by atoms with Crippen LogP contribution >= 0.6 is 0 Å². The third-order valence-electron chi connectivity index (χ3n) is 4.12. The van der Waals surface area contributed by atoms with Crippen LogP contribution in [0.4, 0.5) is 8.78 Å². The van der Waals surface area contributed by atoms with Crippen LogP contribution in [0.15, 0.2) is 48.7 Å². The number of halogens is 2. The van der Waals surface area contributed by atoms with Gasteiger partial charge < -0.3 is 15.4 Å². The third kappa shape index (κ3) is 3.85. The van der Waals surface area contributed by atoms with Crippen LogP contribution in [0.1, 0.15) is 23.7 Å². The molecule has 0 fully saturated rings. The molecule has 2 aromatic carbocycles. The van der Waals surface area contributed by atoms with E-state index in [1.54, 1.807) is 0 Å². The van der Waals surface area contributed by atoms with E-state index in [0.29, 0.717) is 6.42 Å². The first-order chi connectivity index (χ1) is 12.1. The molecule has 0 radical (unpaired) electrons. The van der Waals surface area contributed by atoms with Gasteiger partial charge in [0.2, 0.25) is 5.91 Å². The van der Waals surface area contributed by atoms with Gasteiger partial charge in [0.15, 0.2) is 0 Å². The van der Waals surface area contributed by atoms with Crippen molar-refractivity contribution in [1.82, 2.24) is 10.3 Å². The van der Waals surface area contributed by atoms with Crippen molar-refractivity contribution < 1.29 is 18.7 Å². The quantitative estimate of drug-likeness (QED) is 0.643. The SMILES string of the molecule is O=C(CCc1c[nH]c2ccccc12)NCC(O)c1c(F)cccc1F. The van der Waals surface area contributed by atoms with Crippen LogP contribution in [-0.4, -0.2) is 22.5 Å². The van der Waals surface area contributed by atoms with Gasteiger partial charge in [0.25, 0.3) is 0 Å². The fourth-order valence-corrected chi connectivity index (χ4v) is 2.82. The molecule has 25 heavy (non-hydrogen) atoms. The smallest absolute Gasteiger partial charge is 0.220 e. The predicted molar refractivity (Wildman–Crippen MR) is 90.9 cm³/mol. The lowest BCUT2D eigenvalue weighted by Gasteiger charge is -2.13. The number of nitrogens with one attached hydrogen (secondary N) is 2. The van der Waals surface area contributed by atoms with Crippen LogP contribution < -0.4 is 5.32 Å². The van der Waals surface area contributed by atoms with Gasteiger partial charge in [-0.2, -0.15) is 0 Å². The van der Waals surface area contributed by atoms with Crippen molar-refractivity contribution in [2.24, 2.45) is 0 Å². The lowest BCUT2D eigenvalue weighted by molar-refractivity contribution is -0.121. The maximum absolute atomic E-state index is 13.6. The minimum atomic E-state index is -1.43. The summed E-state index contributed by atoms with van der Waals surface area (Å²) in [5, 5.41) is 13.5. The highest BCUT2D eigenvalue weighted by Gasteiger charge is 2.18. The molecule has 1 heterocycles. The molecule has 3 aromatic rings. The second-order valence-corrected chi connectivity index (χ2v) is 5.81. The van der Waals surface area contributed by atoms with Crippen molar-refractivity contribution in [1.29, 1.82) is 0 Å². The van der Waals surface area contributed by atoms with Gasteiger partial charge >= 0.3 is 0 Å². The maximum Gasteiger partial charge on any atom is 0.220 e. The van der Waals surface area contributed by atoms with Gasteiger partial charge in [0.05, 0.1) is 5.56 Å². The third-order valence-corrected chi connectivity index (χ3v) is 4.12. The first kappa shape index (κ1) is 17.1. The highest BCUT2D eigenvalue weighted by molar-refractivity contribution is 5.84. The van der Waals surface area contributed by atoms with Gasteiger partial charge in [-0.05, 0) is 30.2 Å². The Kier molecular flexibility index (Phi) is 5.09. The number of carbonyl (C=O) groups excluding carboxylic acids is 1. The average molecular weight is 344 g/mol. The number of aryl methyl sites for hydroxylation is 1. The fraction of sp³-hybridized carbons (Fsp3) is 0.211. The standard InChI is InChI=1S/C19H18F2N2O2/c20-14-5-3-6-15(21)19(14)17(24)11-23-18(25)9-8-12-10-22-16-7-2-1-4-13(12)16/h1-7,10,17,22,24H,8-9,11H2,(H,23,25). The first-order valence-corrected chi connectivity index (χ1v) is 8.00. The normalized spacial score (nSPS) is 12.3. The molecule has 0 aliphatic carbocycles. The van der Waals surface area contributed by atoms with Crippen LogP contribution in [0.5, 0.6) is 0 Å². The maximum atomic E-state index is 13.6. The number of para-hydroxylation sites is 1. The second-order valence-electron chi connectivity index (χ2n) is 5.81. The number of aliphatic hydroxyl groups is 1. The van der Waals surface area contributed by atoms with Gasteiger partial charge in [0.1, 0.15) is 17.7 Å². The summed E-state index contributed by atoms with van der Waals surface area (Å²) in [6.07, 6.45) is 1.17. The highest BCUT2D eigenvalue weighted by Crippen LogP contribution is 2.21. The molecule has 1 aromatic heterocycles. The van der Waals surface area contributed by atoms with E-state index < -0.39 is 23.3 Å². The van der Waals surface area contributed by atoms with Crippen molar-refractivity contribution >= 4 is 16.8 Å². The van der Waals surface area contributed by atoms with Crippen LogP contribution in [0.3, 0.4) is 0 Å². The Hall–Kier alpha value is -2.73. The number of fused-ring (bicyclic) bond motifs is 1. The summed E-state index contributed by atoms with van der Waals surface area (Å²) in [6.45, 7) is -0.245. The Morgan fingerprint density at radius 3 is 2.60 bits per heavy atom. The molecule has 0 spiro atoms. The summed E-state index contributed by atoms with van der Waals surface area (Å²) < 4.78 is 27.2. The van der Waals surface area contributed by atoms with Crippen LogP contribution in [0, 0.1) is 11.6 Å². The van der Waals surface area contributed by atoms with E-state index in [-0.39, 0.29) is 18.9 Å². The number of hydrogen-bond acceptors (Lipinski definition) is 2. The minimum absolute atomic E-state index is 0.217. The van der Waals surface area contributed by atoms with Gasteiger partial charge in [0, 0.05) is 30.1 Å². The van der Waals surface area contributed by atoms with E-state index in [4.69, 9.17) is 0 Å². The molecule has 6 heteroatoms. The van der Waals surface area contributed by atoms with Crippen molar-refractivity contribution in [3.05, 3.63) is 71.4 Å². The molecule has 3 rings (SSSR count). The molecule has 0 aliphatic heterocycles. The Labute approximate surface area is 143 Å². The molecule has 0 saturated carbocycles. The zero-order chi connectivity index (χ0) is 17.8. The molecule has 0 saturated heterocycles. The largest absolute Gasteiger partial charge is 0.386 e. The zero-order valence-electron chi connectivity index (χ0n) is 13.4. The number of carbonyl (C=O) groups is 1. The molecule has 1 amide bonds. The van der Waals surface area contributed by atoms with E-state index in [1.807, 2.05) is 30.5 Å². The van der Waals surface area contributed by atoms with Gasteiger partial charge in [-0.3, -0.25) is 4.79 Å². The molecule has 1 unspecified atom stereocenters. The summed E-state index contributed by atoms with van der Waals surface area (Å²) in [5.74, 6) is -1.96. The van der Waals surface area contributed by atoms with Gasteiger partial charge in [-0.15, -0.1) is 0 Å². The number of benzene rings is 2. The Balaban J connectivity index is 1.54. The topological polar surface area (TPSA) is 65.1 Å². The molecule has 0 aliphatic rings. The molecule has 1 atom stereocenters. The number of aromatic nitrogens is 1. The number of H-pyrrole nitrogens is 1. The van der Waals surface area contributed by atoms with E-state index in [2.05, 4.69) is 10.3 Å². The van der Waals surface area contributed by atoms with Crippen molar-refractivity contribution in [3.8, 4) is 0 Å². The van der Waals surface area contributed by atoms with Crippen LogP contribution in [0.2, 0.25) is 0 Å². The van der Waals surface area contributed by atoms with E-state index in [9.17, 15) is 18.7 Å². The molecule has 0 bridgehead atoms. The van der Waals surface area contributed by atoms with Crippen LogP contribution in [0.25, 0.3) is 10.9 Å². The Morgan fingerprint density at radius 2 is 1.84 bits per heavy atom. The zero-order valence-corrected chi connectivity index (χ0v) is 13.4. The van der Waals surface area contributed by atoms with E-state index in [0.717, 1.165) is 28.6 Å². The number of aromatic amines is 1. The number of aliphatic hydroxyl groups excluding tert-OH is 1. The summed E-state index contributed by atoms with van der Waals surface area (Å²) in [4.78, 5) is 15.1. The Morgan fingerprint density at radius 1 is 1.12 bits per heavy atom. The van der Waals surface area contributed by atoms with Crippen molar-refractivity contribution in [2.45, 2.75) is 18.9 Å². The number of hydrogen-bond donors (Lipinski definition) is 3. The Bertz CT molecular complexity index is 872.